The molecule has 0 bridgehead atoms. The number of aliphatic carboxylic acids is 2. The number of amides is 5. The van der Waals surface area contributed by atoms with Gasteiger partial charge in [-0.1, -0.05) is 13.8 Å². The number of nitrogens with zero attached hydrogens (tertiary/aromatic N) is 1. The van der Waals surface area contributed by atoms with E-state index in [-0.39, 0.29) is 44.1 Å². The van der Waals surface area contributed by atoms with Crippen molar-refractivity contribution in [1.29, 1.82) is 0 Å². The van der Waals surface area contributed by atoms with E-state index in [4.69, 9.17) is 28.0 Å². The predicted octanol–water partition coefficient (Wildman–Crippen LogP) is -4.19. The number of aliphatic imine (C=N–C) groups is 1. The molecule has 14 N–H and O–H groups in total. The fraction of sp³-hybridized carbons (Fsp3) is 0.652. The Morgan fingerprint density at radius 3 is 1.83 bits per heavy atom. The fourth-order valence-electron chi connectivity index (χ4n) is 3.40. The number of carbonyl (C=O) groups excluding carboxylic acids is 5. The largest absolute Gasteiger partial charge is 0.481 e. The third-order valence-corrected chi connectivity index (χ3v) is 5.38. The molecule has 0 saturated carbocycles. The van der Waals surface area contributed by atoms with Gasteiger partial charge in [0, 0.05) is 13.0 Å². The molecule has 0 aliphatic carbocycles. The van der Waals surface area contributed by atoms with Crippen LogP contribution in [0.3, 0.4) is 0 Å². The van der Waals surface area contributed by atoms with Gasteiger partial charge in [-0.05, 0) is 31.6 Å². The summed E-state index contributed by atoms with van der Waals surface area (Å²) in [4.78, 5) is 88.4. The summed E-state index contributed by atoms with van der Waals surface area (Å²) in [5.74, 6) is -7.51. The molecule has 0 aliphatic heterocycles. The Hall–Kier alpha value is -4.48. The topological polar surface area (TPSA) is 325 Å². The highest BCUT2D eigenvalue weighted by atomic mass is 16.4. The smallest absolute Gasteiger partial charge is 0.322 e. The number of carbonyl (C=O) groups is 7. The van der Waals surface area contributed by atoms with Crippen molar-refractivity contribution in [2.75, 3.05) is 13.1 Å². The second-order valence-electron chi connectivity index (χ2n) is 9.58. The lowest BCUT2D eigenvalue weighted by molar-refractivity contribution is -0.142. The van der Waals surface area contributed by atoms with Crippen LogP contribution >= 0.6 is 0 Å². The first-order chi connectivity index (χ1) is 19.0. The molecule has 41 heavy (non-hydrogen) atoms. The Balaban J connectivity index is 5.68. The SMILES string of the molecule is CC(C)C[C@H](NC(=O)[C@H](CC(=O)O)NC(=O)[C@H](CCC(N)=O)NC(=O)[C@@H](N)CCCN=C(N)N)C(=O)NCC(=O)O. The fourth-order valence-corrected chi connectivity index (χ4v) is 3.40. The maximum atomic E-state index is 13.0. The van der Waals surface area contributed by atoms with E-state index in [1.807, 2.05) is 0 Å². The number of hydrogen-bond donors (Lipinski definition) is 10. The van der Waals surface area contributed by atoms with Gasteiger partial charge < -0.3 is 54.4 Å². The molecular formula is C23H41N9O9. The Labute approximate surface area is 236 Å². The van der Waals surface area contributed by atoms with Crippen molar-refractivity contribution in [2.24, 2.45) is 33.8 Å². The first-order valence-electron chi connectivity index (χ1n) is 12.7. The van der Waals surface area contributed by atoms with Crippen molar-refractivity contribution in [2.45, 2.75) is 76.5 Å². The molecule has 18 heteroatoms. The molecule has 0 heterocycles. The quantitative estimate of drug-likeness (QED) is 0.0368. The average molecular weight is 588 g/mol. The maximum Gasteiger partial charge on any atom is 0.322 e. The summed E-state index contributed by atoms with van der Waals surface area (Å²) < 4.78 is 0. The molecule has 0 fully saturated rings. The Kier molecular flexibility index (Phi) is 16.7. The summed E-state index contributed by atoms with van der Waals surface area (Å²) in [6.45, 7) is 2.96. The molecule has 0 aromatic rings. The van der Waals surface area contributed by atoms with Crippen LogP contribution < -0.4 is 44.2 Å². The summed E-state index contributed by atoms with van der Waals surface area (Å²) in [5.41, 5.74) is 21.5. The van der Waals surface area contributed by atoms with Crippen LogP contribution in [0.1, 0.15) is 52.4 Å². The van der Waals surface area contributed by atoms with Crippen LogP contribution in [0, 0.1) is 5.92 Å². The molecule has 0 saturated heterocycles. The zero-order chi connectivity index (χ0) is 31.7. The zero-order valence-electron chi connectivity index (χ0n) is 23.1. The molecule has 18 nitrogen and oxygen atoms in total. The van der Waals surface area contributed by atoms with Crippen molar-refractivity contribution in [3.05, 3.63) is 0 Å². The van der Waals surface area contributed by atoms with Crippen LogP contribution in [0.5, 0.6) is 0 Å². The standard InChI is InChI=1S/C23H41N9O9/c1-11(2)8-14(20(39)29-10-18(36)37)31-22(41)15(9-17(34)35)32-21(40)13(5-6-16(25)33)30-19(38)12(24)4-3-7-28-23(26)27/h11-15H,3-10,24H2,1-2H3,(H2,25,33)(H,29,39)(H,30,38)(H,31,41)(H,32,40)(H,34,35)(H,36,37)(H4,26,27,28)/t12-,13-,14-,15-/m0/s1. The summed E-state index contributed by atoms with van der Waals surface area (Å²) in [6, 6.07) is -5.46. The molecular weight excluding hydrogens is 546 g/mol. The normalized spacial score (nSPS) is 13.6. The van der Waals surface area contributed by atoms with E-state index in [2.05, 4.69) is 26.3 Å². The van der Waals surface area contributed by atoms with Crippen LogP contribution in [0.15, 0.2) is 4.99 Å². The highest BCUT2D eigenvalue weighted by molar-refractivity contribution is 5.96. The monoisotopic (exact) mass is 587 g/mol. The van der Waals surface area contributed by atoms with E-state index in [0.29, 0.717) is 6.42 Å². The number of carboxylic acid groups (broad SMARTS) is 2. The summed E-state index contributed by atoms with van der Waals surface area (Å²) in [6.07, 6.45) is -0.982. The van der Waals surface area contributed by atoms with Crippen LogP contribution in [0.2, 0.25) is 0 Å². The van der Waals surface area contributed by atoms with E-state index in [1.165, 1.54) is 0 Å². The number of nitrogens with one attached hydrogen (secondary N) is 4. The van der Waals surface area contributed by atoms with E-state index in [0.717, 1.165) is 0 Å². The molecule has 5 amide bonds. The number of hydrogen-bond acceptors (Lipinski definition) is 9. The lowest BCUT2D eigenvalue weighted by Crippen LogP contribution is -2.58. The van der Waals surface area contributed by atoms with Crippen molar-refractivity contribution in [3.8, 4) is 0 Å². The van der Waals surface area contributed by atoms with Crippen molar-refractivity contribution in [1.82, 2.24) is 21.3 Å². The molecule has 0 rings (SSSR count). The Morgan fingerprint density at radius 1 is 0.756 bits per heavy atom. The Morgan fingerprint density at radius 2 is 1.32 bits per heavy atom. The molecule has 0 aromatic carbocycles. The lowest BCUT2D eigenvalue weighted by atomic mass is 10.0. The number of nitrogens with two attached hydrogens (primary N) is 4. The first-order valence-corrected chi connectivity index (χ1v) is 12.7. The minimum Gasteiger partial charge on any atom is -0.481 e. The average Bonchev–Trinajstić information content (AvgIpc) is 2.85. The number of primary amides is 1. The van der Waals surface area contributed by atoms with Crippen LogP contribution in [0.25, 0.3) is 0 Å². The highest BCUT2D eigenvalue weighted by Gasteiger charge is 2.32. The van der Waals surface area contributed by atoms with Crippen molar-refractivity contribution in [3.63, 3.8) is 0 Å². The van der Waals surface area contributed by atoms with Gasteiger partial charge in [-0.15, -0.1) is 0 Å². The van der Waals surface area contributed by atoms with Gasteiger partial charge in [0.2, 0.25) is 29.5 Å². The van der Waals surface area contributed by atoms with Gasteiger partial charge in [-0.2, -0.15) is 0 Å². The van der Waals surface area contributed by atoms with E-state index < -0.39 is 78.6 Å². The molecule has 0 unspecified atom stereocenters. The summed E-state index contributed by atoms with van der Waals surface area (Å²) >= 11 is 0. The van der Waals surface area contributed by atoms with Crippen LogP contribution in [-0.4, -0.2) is 94.9 Å². The van der Waals surface area contributed by atoms with Gasteiger partial charge >= 0.3 is 11.9 Å². The molecule has 0 aliphatic rings. The number of guanidine groups is 1. The summed E-state index contributed by atoms with van der Waals surface area (Å²) in [7, 11) is 0. The van der Waals surface area contributed by atoms with E-state index in [9.17, 15) is 38.7 Å². The first kappa shape index (κ1) is 36.5. The van der Waals surface area contributed by atoms with Crippen molar-refractivity contribution < 1.29 is 43.8 Å². The minimum absolute atomic E-state index is 0.0727. The molecule has 0 spiro atoms. The molecule has 4 atom stereocenters. The molecule has 0 radical (unpaired) electrons. The van der Waals surface area contributed by atoms with Gasteiger partial charge in [-0.3, -0.25) is 38.6 Å². The second kappa shape index (κ2) is 18.7. The third-order valence-electron chi connectivity index (χ3n) is 5.38. The predicted molar refractivity (Wildman–Crippen MR) is 144 cm³/mol. The van der Waals surface area contributed by atoms with Gasteiger partial charge in [0.15, 0.2) is 5.96 Å². The van der Waals surface area contributed by atoms with E-state index in [1.54, 1.807) is 13.8 Å². The number of rotatable bonds is 20. The maximum absolute atomic E-state index is 13.0. The molecule has 0 aromatic heterocycles. The van der Waals surface area contributed by atoms with E-state index >= 15 is 0 Å². The molecule has 232 valence electrons. The van der Waals surface area contributed by atoms with Gasteiger partial charge in [0.05, 0.1) is 12.5 Å². The zero-order valence-corrected chi connectivity index (χ0v) is 23.1. The van der Waals surface area contributed by atoms with Crippen LogP contribution in [0.4, 0.5) is 0 Å². The van der Waals surface area contributed by atoms with Gasteiger partial charge in [0.25, 0.3) is 0 Å². The second-order valence-corrected chi connectivity index (χ2v) is 9.58. The minimum atomic E-state index is -1.71. The third kappa shape index (κ3) is 17.0. The summed E-state index contributed by atoms with van der Waals surface area (Å²) in [5, 5.41) is 27.2. The Bertz CT molecular complexity index is 984. The highest BCUT2D eigenvalue weighted by Crippen LogP contribution is 2.07. The van der Waals surface area contributed by atoms with Gasteiger partial charge in [-0.25, -0.2) is 0 Å². The van der Waals surface area contributed by atoms with Crippen molar-refractivity contribution >= 4 is 47.4 Å². The number of carboxylic acids is 2. The lowest BCUT2D eigenvalue weighted by Gasteiger charge is -2.25. The van der Waals surface area contributed by atoms with Gasteiger partial charge in [0.1, 0.15) is 24.7 Å². The van der Waals surface area contributed by atoms with Crippen LogP contribution in [-0.2, 0) is 33.6 Å².